The summed E-state index contributed by atoms with van der Waals surface area (Å²) in [4.78, 5) is 38.0. The molecule has 2 aromatic rings. The van der Waals surface area contributed by atoms with Gasteiger partial charge in [0.05, 0.1) is 23.3 Å². The van der Waals surface area contributed by atoms with Crippen LogP contribution in [0.4, 0.5) is 0 Å². The minimum absolute atomic E-state index is 0.0877. The lowest BCUT2D eigenvalue weighted by molar-refractivity contribution is -0.129. The van der Waals surface area contributed by atoms with Crippen molar-refractivity contribution in [1.29, 1.82) is 0 Å². The molecule has 1 saturated heterocycles. The van der Waals surface area contributed by atoms with E-state index in [1.807, 2.05) is 53.7 Å². The highest BCUT2D eigenvalue weighted by Crippen LogP contribution is 2.30. The third-order valence-electron chi connectivity index (χ3n) is 5.67. The van der Waals surface area contributed by atoms with E-state index < -0.39 is 0 Å². The normalized spacial score (nSPS) is 14.2. The van der Waals surface area contributed by atoms with Crippen molar-refractivity contribution in [3.63, 3.8) is 0 Å². The van der Waals surface area contributed by atoms with Crippen molar-refractivity contribution in [3.05, 3.63) is 47.8 Å². The van der Waals surface area contributed by atoms with Gasteiger partial charge in [-0.05, 0) is 38.3 Å². The van der Waals surface area contributed by atoms with Crippen LogP contribution in [0.15, 0.2) is 30.9 Å². The molecule has 10 heteroatoms. The van der Waals surface area contributed by atoms with Crippen molar-refractivity contribution >= 4 is 40.1 Å². The second-order valence-corrected chi connectivity index (χ2v) is 10.0. The number of thioether (sulfide) groups is 1. The molecule has 1 aliphatic heterocycles. The van der Waals surface area contributed by atoms with Crippen LogP contribution in [0.5, 0.6) is 0 Å². The summed E-state index contributed by atoms with van der Waals surface area (Å²) >= 11 is 6.65. The lowest BCUT2D eigenvalue weighted by Gasteiger charge is -2.32. The number of imidazole rings is 1. The van der Waals surface area contributed by atoms with E-state index in [4.69, 9.17) is 17.2 Å². The van der Waals surface area contributed by atoms with Gasteiger partial charge in [0.2, 0.25) is 5.91 Å². The summed E-state index contributed by atoms with van der Waals surface area (Å²) in [6.45, 7) is 4.67. The number of likely N-dealkylation sites (tertiary alicyclic amines) is 1. The van der Waals surface area contributed by atoms with E-state index in [1.165, 1.54) is 11.8 Å². The Morgan fingerprint density at radius 1 is 1.27 bits per heavy atom. The molecule has 2 aromatic heterocycles. The van der Waals surface area contributed by atoms with Gasteiger partial charge in [-0.2, -0.15) is 0 Å². The smallest absolute Gasteiger partial charge is 0.253 e. The molecule has 8 nitrogen and oxygen atoms in total. The van der Waals surface area contributed by atoms with Crippen LogP contribution in [0.25, 0.3) is 0 Å². The van der Waals surface area contributed by atoms with Crippen molar-refractivity contribution < 1.29 is 9.59 Å². The molecule has 178 valence electrons. The molecule has 1 N–H and O–H groups in total. The summed E-state index contributed by atoms with van der Waals surface area (Å²) < 4.78 is 2.70. The number of hydrogen-bond acceptors (Lipinski definition) is 6. The Hall–Kier alpha value is -2.46. The van der Waals surface area contributed by atoms with E-state index in [-0.39, 0.29) is 17.7 Å². The van der Waals surface area contributed by atoms with Crippen molar-refractivity contribution in [2.24, 2.45) is 0 Å². The molecule has 0 bridgehead atoms. The standard InChI is InChI=1S/C23H32N6O2S2/c1-17-5-6-19(22(31)25-9-4-11-28-14-10-24-16-28)21(26-17)18-7-12-29(13-8-18)20(30)15-33-23(32)27(2)3/h5-6,10,14,16,18H,4,7-9,11-13,15H2,1-3H3,(H,25,31). The van der Waals surface area contributed by atoms with Crippen molar-refractivity contribution in [2.45, 2.75) is 38.6 Å². The highest BCUT2D eigenvalue weighted by atomic mass is 32.2. The summed E-state index contributed by atoms with van der Waals surface area (Å²) in [6.07, 6.45) is 7.86. The van der Waals surface area contributed by atoms with Crippen molar-refractivity contribution in [2.75, 3.05) is 39.5 Å². The topological polar surface area (TPSA) is 83.4 Å². The summed E-state index contributed by atoms with van der Waals surface area (Å²) in [5, 5.41) is 3.03. The molecule has 1 aliphatic rings. The van der Waals surface area contributed by atoms with Gasteiger partial charge in [0.15, 0.2) is 0 Å². The van der Waals surface area contributed by atoms with E-state index in [1.54, 1.807) is 12.5 Å². The molecular formula is C23H32N6O2S2. The summed E-state index contributed by atoms with van der Waals surface area (Å²) in [6, 6.07) is 3.76. The van der Waals surface area contributed by atoms with Gasteiger partial charge in [-0.25, -0.2) is 4.98 Å². The second-order valence-electron chi connectivity index (χ2n) is 8.40. The van der Waals surface area contributed by atoms with Gasteiger partial charge < -0.3 is 19.7 Å². The van der Waals surface area contributed by atoms with Crippen LogP contribution in [-0.4, -0.2) is 80.0 Å². The molecule has 0 spiro atoms. The number of hydrogen-bond donors (Lipinski definition) is 1. The number of pyridine rings is 1. The Morgan fingerprint density at radius 3 is 2.70 bits per heavy atom. The van der Waals surface area contributed by atoms with E-state index in [2.05, 4.69) is 10.3 Å². The summed E-state index contributed by atoms with van der Waals surface area (Å²) in [5.41, 5.74) is 2.38. The number of amides is 2. The zero-order valence-electron chi connectivity index (χ0n) is 19.5. The number of aryl methyl sites for hydroxylation is 2. The molecule has 0 radical (unpaired) electrons. The van der Waals surface area contributed by atoms with Gasteiger partial charge in [0.25, 0.3) is 5.91 Å². The highest BCUT2D eigenvalue weighted by molar-refractivity contribution is 8.23. The summed E-state index contributed by atoms with van der Waals surface area (Å²) in [7, 11) is 3.77. The van der Waals surface area contributed by atoms with Crippen LogP contribution in [0, 0.1) is 6.92 Å². The monoisotopic (exact) mass is 488 g/mol. The Morgan fingerprint density at radius 2 is 2.03 bits per heavy atom. The van der Waals surface area contributed by atoms with Crippen LogP contribution in [-0.2, 0) is 11.3 Å². The maximum Gasteiger partial charge on any atom is 0.253 e. The first kappa shape index (κ1) is 25.2. The molecule has 33 heavy (non-hydrogen) atoms. The molecule has 1 fully saturated rings. The first-order chi connectivity index (χ1) is 15.8. The van der Waals surface area contributed by atoms with Crippen molar-refractivity contribution in [3.8, 4) is 0 Å². The maximum atomic E-state index is 12.9. The predicted molar refractivity (Wildman–Crippen MR) is 135 cm³/mol. The summed E-state index contributed by atoms with van der Waals surface area (Å²) in [5.74, 6) is 0.541. The number of nitrogens with one attached hydrogen (secondary N) is 1. The Labute approximate surface area is 205 Å². The Kier molecular flexibility index (Phi) is 9.25. The van der Waals surface area contributed by atoms with E-state index in [0.29, 0.717) is 35.3 Å². The van der Waals surface area contributed by atoms with Gasteiger partial charge in [0, 0.05) is 64.3 Å². The number of thiocarbonyl (C=S) groups is 1. The Balaban J connectivity index is 1.54. The molecule has 0 aliphatic carbocycles. The zero-order chi connectivity index (χ0) is 23.8. The van der Waals surface area contributed by atoms with E-state index in [9.17, 15) is 9.59 Å². The first-order valence-corrected chi connectivity index (χ1v) is 12.6. The lowest BCUT2D eigenvalue weighted by Crippen LogP contribution is -2.40. The minimum atomic E-state index is -0.0877. The van der Waals surface area contributed by atoms with Gasteiger partial charge in [0.1, 0.15) is 4.32 Å². The number of piperidine rings is 1. The second kappa shape index (κ2) is 12.1. The van der Waals surface area contributed by atoms with Crippen molar-refractivity contribution in [1.82, 2.24) is 29.7 Å². The average molecular weight is 489 g/mol. The number of carbonyl (C=O) groups excluding carboxylic acids is 2. The molecule has 3 heterocycles. The molecular weight excluding hydrogens is 456 g/mol. The predicted octanol–water partition coefficient (Wildman–Crippen LogP) is 2.69. The largest absolute Gasteiger partial charge is 0.364 e. The van der Waals surface area contributed by atoms with Gasteiger partial charge in [-0.15, -0.1) is 0 Å². The van der Waals surface area contributed by atoms with Crippen LogP contribution in [0.2, 0.25) is 0 Å². The lowest BCUT2D eigenvalue weighted by atomic mass is 9.90. The van der Waals surface area contributed by atoms with Gasteiger partial charge in [-0.3, -0.25) is 14.6 Å². The molecule has 2 amide bonds. The van der Waals surface area contributed by atoms with Crippen LogP contribution in [0.3, 0.4) is 0 Å². The van der Waals surface area contributed by atoms with Crippen LogP contribution >= 0.6 is 24.0 Å². The maximum absolute atomic E-state index is 12.9. The molecule has 3 rings (SSSR count). The number of aromatic nitrogens is 3. The molecule has 0 saturated carbocycles. The molecule has 0 aromatic carbocycles. The number of carbonyl (C=O) groups is 2. The fourth-order valence-corrected chi connectivity index (χ4v) is 4.67. The van der Waals surface area contributed by atoms with Gasteiger partial charge >= 0.3 is 0 Å². The number of nitrogens with zero attached hydrogens (tertiary/aromatic N) is 5. The average Bonchev–Trinajstić information content (AvgIpc) is 3.33. The zero-order valence-corrected chi connectivity index (χ0v) is 21.1. The molecule has 0 unspecified atom stereocenters. The fraction of sp³-hybridized carbons (Fsp3) is 0.522. The quantitative estimate of drug-likeness (QED) is 0.452. The fourth-order valence-electron chi connectivity index (χ4n) is 3.80. The minimum Gasteiger partial charge on any atom is -0.364 e. The van der Waals surface area contributed by atoms with Crippen LogP contribution < -0.4 is 5.32 Å². The number of rotatable bonds is 8. The highest BCUT2D eigenvalue weighted by Gasteiger charge is 2.28. The molecule has 0 atom stereocenters. The Bertz CT molecular complexity index is 956. The van der Waals surface area contributed by atoms with E-state index in [0.717, 1.165) is 37.2 Å². The third-order valence-corrected chi connectivity index (χ3v) is 7.39. The van der Waals surface area contributed by atoms with E-state index >= 15 is 0 Å². The van der Waals surface area contributed by atoms with Crippen LogP contribution in [0.1, 0.15) is 46.9 Å². The SMILES string of the molecule is Cc1ccc(C(=O)NCCCn2ccnc2)c(C2CCN(C(=O)CSC(=S)N(C)C)CC2)n1. The first-order valence-electron chi connectivity index (χ1n) is 11.2. The third kappa shape index (κ3) is 7.26. The van der Waals surface area contributed by atoms with Gasteiger partial charge in [-0.1, -0.05) is 24.0 Å².